The molecule has 0 aliphatic heterocycles. The fourth-order valence-electron chi connectivity index (χ4n) is 9.00. The lowest BCUT2D eigenvalue weighted by atomic mass is 9.49. The third-order valence-electron chi connectivity index (χ3n) is 10.5. The normalized spacial score (nSPS) is 42.5. The third kappa shape index (κ3) is 3.57. The van der Waals surface area contributed by atoms with Crippen LogP contribution in [-0.2, 0) is 11.3 Å². The van der Waals surface area contributed by atoms with Crippen molar-refractivity contribution in [3.8, 4) is 0 Å². The van der Waals surface area contributed by atoms with E-state index in [-0.39, 0.29) is 23.7 Å². The number of ketones is 1. The monoisotopic (exact) mass is 452 g/mol. The Labute approximate surface area is 195 Å². The lowest BCUT2D eigenvalue weighted by Crippen LogP contribution is -2.51. The molecule has 1 heterocycles. The maximum Gasteiger partial charge on any atom is 0.157 e. The zero-order valence-electron chi connectivity index (χ0n) is 20.0. The van der Waals surface area contributed by atoms with Crippen molar-refractivity contribution in [1.29, 1.82) is 0 Å². The van der Waals surface area contributed by atoms with Gasteiger partial charge in [-0.05, 0) is 112 Å². The van der Waals surface area contributed by atoms with Crippen LogP contribution in [0.2, 0.25) is 0 Å². The van der Waals surface area contributed by atoms with E-state index in [9.17, 15) is 14.3 Å². The summed E-state index contributed by atoms with van der Waals surface area (Å²) >= 11 is 0. The average molecular weight is 453 g/mol. The Bertz CT molecular complexity index is 1080. The van der Waals surface area contributed by atoms with E-state index in [2.05, 4.69) is 12.0 Å². The van der Waals surface area contributed by atoms with Crippen molar-refractivity contribution in [2.24, 2.45) is 40.9 Å². The number of fused-ring (bicyclic) bond motifs is 6. The van der Waals surface area contributed by atoms with Crippen LogP contribution >= 0.6 is 0 Å². The summed E-state index contributed by atoms with van der Waals surface area (Å²) in [5, 5.41) is 16.0. The van der Waals surface area contributed by atoms with E-state index >= 15 is 0 Å². The van der Waals surface area contributed by atoms with Gasteiger partial charge in [-0.15, -0.1) is 0 Å². The molecule has 0 spiro atoms. The van der Waals surface area contributed by atoms with Gasteiger partial charge < -0.3 is 5.11 Å². The van der Waals surface area contributed by atoms with Crippen LogP contribution in [0.1, 0.15) is 71.6 Å². The second-order valence-corrected chi connectivity index (χ2v) is 12.3. The van der Waals surface area contributed by atoms with Gasteiger partial charge in [0.25, 0.3) is 0 Å². The summed E-state index contributed by atoms with van der Waals surface area (Å²) in [6.45, 7) is 4.72. The molecule has 4 nitrogen and oxygen atoms in total. The first-order chi connectivity index (χ1) is 15.7. The minimum absolute atomic E-state index is 0.101. The molecule has 0 unspecified atom stereocenters. The quantitative estimate of drug-likeness (QED) is 0.644. The summed E-state index contributed by atoms with van der Waals surface area (Å²) in [4.78, 5) is 13.5. The number of rotatable bonds is 3. The number of halogens is 1. The topological polar surface area (TPSA) is 55.1 Å². The molecule has 8 atom stereocenters. The molecule has 2 aromatic rings. The molecular formula is C28H37FN2O2. The molecule has 4 aliphatic carbocycles. The molecule has 6 rings (SSSR count). The van der Waals surface area contributed by atoms with E-state index < -0.39 is 5.60 Å². The van der Waals surface area contributed by atoms with Crippen LogP contribution in [0.5, 0.6) is 0 Å². The largest absolute Gasteiger partial charge is 0.390 e. The predicted molar refractivity (Wildman–Crippen MR) is 126 cm³/mol. The van der Waals surface area contributed by atoms with E-state index in [0.29, 0.717) is 23.1 Å². The zero-order chi connectivity index (χ0) is 23.0. The van der Waals surface area contributed by atoms with Crippen LogP contribution < -0.4 is 0 Å². The van der Waals surface area contributed by atoms with Crippen molar-refractivity contribution >= 4 is 16.7 Å². The molecule has 5 heteroatoms. The maximum absolute atomic E-state index is 13.5. The van der Waals surface area contributed by atoms with Gasteiger partial charge in [-0.1, -0.05) is 6.92 Å². The molecule has 33 heavy (non-hydrogen) atoms. The Hall–Kier alpha value is -1.75. The smallest absolute Gasteiger partial charge is 0.157 e. The van der Waals surface area contributed by atoms with Crippen molar-refractivity contribution in [2.75, 3.05) is 0 Å². The number of benzene rings is 1. The van der Waals surface area contributed by atoms with Crippen molar-refractivity contribution in [1.82, 2.24) is 9.78 Å². The van der Waals surface area contributed by atoms with Gasteiger partial charge in [0.15, 0.2) is 5.78 Å². The third-order valence-corrected chi connectivity index (χ3v) is 10.5. The lowest BCUT2D eigenvalue weighted by molar-refractivity contribution is -0.133. The van der Waals surface area contributed by atoms with E-state index in [1.807, 2.05) is 13.1 Å². The zero-order valence-corrected chi connectivity index (χ0v) is 20.0. The second-order valence-electron chi connectivity index (χ2n) is 12.3. The van der Waals surface area contributed by atoms with Crippen LogP contribution in [0.3, 0.4) is 0 Å². The number of Topliss-reactive ketones (excluding diaryl/α,β-unsaturated/α-hetero) is 1. The number of aromatic nitrogens is 2. The Morgan fingerprint density at radius 1 is 1.09 bits per heavy atom. The molecule has 178 valence electrons. The van der Waals surface area contributed by atoms with Gasteiger partial charge in [0.2, 0.25) is 0 Å². The molecule has 4 fully saturated rings. The van der Waals surface area contributed by atoms with Gasteiger partial charge in [-0.25, -0.2) is 4.39 Å². The first-order valence-corrected chi connectivity index (χ1v) is 13.1. The van der Waals surface area contributed by atoms with Crippen LogP contribution in [0.4, 0.5) is 4.39 Å². The molecule has 0 radical (unpaired) electrons. The highest BCUT2D eigenvalue weighted by Gasteiger charge is 2.58. The van der Waals surface area contributed by atoms with Crippen molar-refractivity contribution < 1.29 is 14.3 Å². The summed E-state index contributed by atoms with van der Waals surface area (Å²) in [6.07, 6.45) is 12.1. The summed E-state index contributed by atoms with van der Waals surface area (Å²) in [5.41, 5.74) is 0.247. The van der Waals surface area contributed by atoms with Gasteiger partial charge in [0.05, 0.1) is 17.7 Å². The average Bonchev–Trinajstić information content (AvgIpc) is 3.32. The molecule has 4 aliphatic rings. The van der Waals surface area contributed by atoms with Gasteiger partial charge in [-0.3, -0.25) is 9.48 Å². The number of aliphatic hydroxyl groups is 1. The number of nitrogens with zero attached hydrogens (tertiary/aromatic N) is 2. The second kappa shape index (κ2) is 7.63. The number of hydrogen-bond acceptors (Lipinski definition) is 3. The molecule has 1 N–H and O–H groups in total. The fraction of sp³-hybridized carbons (Fsp3) is 0.714. The molecule has 4 saturated carbocycles. The van der Waals surface area contributed by atoms with E-state index in [1.54, 1.807) is 10.7 Å². The van der Waals surface area contributed by atoms with Gasteiger partial charge in [0, 0.05) is 23.6 Å². The van der Waals surface area contributed by atoms with Crippen molar-refractivity contribution in [3.63, 3.8) is 0 Å². The van der Waals surface area contributed by atoms with E-state index in [4.69, 9.17) is 0 Å². The molecule has 0 bridgehead atoms. The minimum atomic E-state index is -0.467. The van der Waals surface area contributed by atoms with Gasteiger partial charge >= 0.3 is 0 Å². The summed E-state index contributed by atoms with van der Waals surface area (Å²) in [5.74, 6) is 3.78. The SMILES string of the molecule is C[C@@]1(O)CC[C@H]2[C@H](CC[C@@H]3[C@@H]2CC[C@]2(C)[C@@H](C(=O)Cn4cc5ccc(F)cc5n4)CC[C@@H]32)C1. The first kappa shape index (κ1) is 21.8. The molecule has 1 aromatic heterocycles. The summed E-state index contributed by atoms with van der Waals surface area (Å²) < 4.78 is 15.3. The molecular weight excluding hydrogens is 415 g/mol. The van der Waals surface area contributed by atoms with Crippen molar-refractivity contribution in [3.05, 3.63) is 30.2 Å². The maximum atomic E-state index is 13.5. The predicted octanol–water partition coefficient (Wildman–Crippen LogP) is 5.76. The highest BCUT2D eigenvalue weighted by molar-refractivity contribution is 5.83. The van der Waals surface area contributed by atoms with Crippen molar-refractivity contribution in [2.45, 2.75) is 83.8 Å². The Morgan fingerprint density at radius 2 is 1.91 bits per heavy atom. The van der Waals surface area contributed by atoms with Crippen LogP contribution in [-0.4, -0.2) is 26.3 Å². The summed E-state index contributed by atoms with van der Waals surface area (Å²) in [6, 6.07) is 4.61. The fourth-order valence-corrected chi connectivity index (χ4v) is 9.00. The number of carbonyl (C=O) groups excluding carboxylic acids is 1. The minimum Gasteiger partial charge on any atom is -0.390 e. The number of carbonyl (C=O) groups is 1. The summed E-state index contributed by atoms with van der Waals surface area (Å²) in [7, 11) is 0. The Morgan fingerprint density at radius 3 is 2.76 bits per heavy atom. The molecule has 0 amide bonds. The number of hydrogen-bond donors (Lipinski definition) is 1. The Kier molecular flexibility index (Phi) is 5.03. The van der Waals surface area contributed by atoms with E-state index in [1.165, 1.54) is 44.2 Å². The Balaban J connectivity index is 1.18. The molecule has 0 saturated heterocycles. The first-order valence-electron chi connectivity index (χ1n) is 13.1. The molecule has 1 aromatic carbocycles. The van der Waals surface area contributed by atoms with E-state index in [0.717, 1.165) is 48.8 Å². The van der Waals surface area contributed by atoms with Gasteiger partial charge in [-0.2, -0.15) is 5.10 Å². The standard InChI is InChI=1S/C28H37FN2O2/c1-27(33)11-9-20-17(14-27)4-6-22-21(20)10-12-28(2)23(22)7-8-24(28)26(32)16-31-15-18-3-5-19(29)13-25(18)30-31/h3,5,13,15,17,20-24,33H,4,6-12,14,16H2,1-2H3/t17-,20+,21-,22-,23+,24-,27-,28+/m1/s1. The lowest BCUT2D eigenvalue weighted by Gasteiger charge is -2.56. The van der Waals surface area contributed by atoms with Crippen LogP contribution in [0, 0.1) is 46.7 Å². The highest BCUT2D eigenvalue weighted by atomic mass is 19.1. The van der Waals surface area contributed by atoms with Gasteiger partial charge in [0.1, 0.15) is 5.82 Å². The highest BCUT2D eigenvalue weighted by Crippen LogP contribution is 2.64. The van der Waals surface area contributed by atoms with Crippen LogP contribution in [0.15, 0.2) is 24.4 Å². The van der Waals surface area contributed by atoms with Crippen LogP contribution in [0.25, 0.3) is 10.9 Å².